The number of rotatable bonds is 4. The third-order valence-electron chi connectivity index (χ3n) is 4.86. The van der Waals surface area contributed by atoms with Gasteiger partial charge in [0.15, 0.2) is 0 Å². The van der Waals surface area contributed by atoms with Gasteiger partial charge in [0, 0.05) is 25.1 Å². The summed E-state index contributed by atoms with van der Waals surface area (Å²) in [6.45, 7) is 11.9. The lowest BCUT2D eigenvalue weighted by Gasteiger charge is -2.34. The maximum Gasteiger partial charge on any atom is 0.407 e. The maximum absolute atomic E-state index is 11.0. The number of terminal acetylenes is 1. The molecule has 0 spiro atoms. The SMILES string of the molecule is C#CCOC1=C[CH]C2=C(CCC(N(C)C(=O)O)C2)C1=C.C=Cc1ccccc1.CC. The molecule has 1 radical (unpaired) electrons. The molecule has 0 heterocycles. The van der Waals surface area contributed by atoms with Crippen molar-refractivity contribution in [1.82, 2.24) is 4.90 Å². The van der Waals surface area contributed by atoms with Crippen LogP contribution in [-0.2, 0) is 4.74 Å². The number of hydrogen-bond acceptors (Lipinski definition) is 2. The normalized spacial score (nSPS) is 16.9. The second-order valence-electron chi connectivity index (χ2n) is 6.58. The summed E-state index contributed by atoms with van der Waals surface area (Å²) in [5.74, 6) is 3.15. The Bertz CT molecular complexity index is 828. The van der Waals surface area contributed by atoms with E-state index in [0.29, 0.717) is 5.76 Å². The fraction of sp³-hybridized carbons (Fsp3) is 0.308. The number of carbonyl (C=O) groups is 1. The van der Waals surface area contributed by atoms with Gasteiger partial charge in [0.1, 0.15) is 12.4 Å². The highest BCUT2D eigenvalue weighted by molar-refractivity contribution is 5.65. The van der Waals surface area contributed by atoms with Gasteiger partial charge < -0.3 is 14.7 Å². The van der Waals surface area contributed by atoms with Crippen LogP contribution in [0, 0.1) is 18.8 Å². The zero-order valence-electron chi connectivity index (χ0n) is 18.2. The second-order valence-corrected chi connectivity index (χ2v) is 6.58. The Labute approximate surface area is 181 Å². The largest absolute Gasteiger partial charge is 0.481 e. The monoisotopic (exact) mass is 406 g/mol. The van der Waals surface area contributed by atoms with Gasteiger partial charge in [0.2, 0.25) is 0 Å². The summed E-state index contributed by atoms with van der Waals surface area (Å²) in [5, 5.41) is 9.05. The highest BCUT2D eigenvalue weighted by atomic mass is 16.5. The van der Waals surface area contributed by atoms with Crippen LogP contribution in [0.3, 0.4) is 0 Å². The molecule has 1 amide bonds. The summed E-state index contributed by atoms with van der Waals surface area (Å²) < 4.78 is 5.46. The van der Waals surface area contributed by atoms with Crippen molar-refractivity contribution < 1.29 is 14.6 Å². The molecule has 4 heteroatoms. The lowest BCUT2D eigenvalue weighted by atomic mass is 9.80. The van der Waals surface area contributed by atoms with E-state index >= 15 is 0 Å². The Balaban J connectivity index is 0.000000375. The zero-order chi connectivity index (χ0) is 22.5. The van der Waals surface area contributed by atoms with Crippen molar-refractivity contribution in [1.29, 1.82) is 0 Å². The van der Waals surface area contributed by atoms with Crippen molar-refractivity contribution in [2.75, 3.05) is 13.7 Å². The average Bonchev–Trinajstić information content (AvgIpc) is 2.80. The molecule has 4 nitrogen and oxygen atoms in total. The lowest BCUT2D eigenvalue weighted by molar-refractivity contribution is 0.134. The molecule has 2 aliphatic rings. The minimum absolute atomic E-state index is 0.0249. The van der Waals surface area contributed by atoms with Gasteiger partial charge in [0.25, 0.3) is 0 Å². The van der Waals surface area contributed by atoms with E-state index in [0.717, 1.165) is 36.0 Å². The van der Waals surface area contributed by atoms with Gasteiger partial charge in [0.05, 0.1) is 0 Å². The smallest absolute Gasteiger partial charge is 0.407 e. The molecule has 3 rings (SSSR count). The minimum atomic E-state index is -0.887. The molecule has 0 saturated heterocycles. The molecule has 2 aliphatic carbocycles. The van der Waals surface area contributed by atoms with E-state index in [-0.39, 0.29) is 12.6 Å². The van der Waals surface area contributed by atoms with Gasteiger partial charge in [-0.1, -0.05) is 74.9 Å². The third kappa shape index (κ3) is 7.00. The Morgan fingerprint density at radius 3 is 2.57 bits per heavy atom. The summed E-state index contributed by atoms with van der Waals surface area (Å²) in [7, 11) is 1.62. The number of benzene rings is 1. The molecular weight excluding hydrogens is 374 g/mol. The first-order valence-electron chi connectivity index (χ1n) is 10.1. The standard InChI is InChI=1S/C16H18NO3.C8H8.C2H6/c1-4-9-20-15-8-5-12-10-13(17(3)16(18)19)6-7-14(12)11(15)2;1-2-8-6-4-3-5-7-8;1-2/h1,5,8,13H,2,6-7,9-10H2,3H3,(H,18,19);2-7H,1H2;1-2H3. The van der Waals surface area contributed by atoms with Gasteiger partial charge in [-0.05, 0) is 36.5 Å². The molecule has 0 bridgehead atoms. The van der Waals surface area contributed by atoms with Gasteiger partial charge in [-0.25, -0.2) is 4.79 Å². The fourth-order valence-corrected chi connectivity index (χ4v) is 3.22. The molecule has 1 aromatic carbocycles. The number of hydrogen-bond donors (Lipinski definition) is 1. The maximum atomic E-state index is 11.0. The molecule has 159 valence electrons. The predicted molar refractivity (Wildman–Crippen MR) is 125 cm³/mol. The molecule has 1 unspecified atom stereocenters. The van der Waals surface area contributed by atoms with Crippen molar-refractivity contribution in [2.24, 2.45) is 0 Å². The number of nitrogens with zero attached hydrogens (tertiary/aromatic N) is 1. The van der Waals surface area contributed by atoms with Crippen LogP contribution in [0.15, 0.2) is 72.0 Å². The molecule has 1 aromatic rings. The molecule has 1 N–H and O–H groups in total. The van der Waals surface area contributed by atoms with Crippen LogP contribution in [0.5, 0.6) is 0 Å². The molecule has 0 aliphatic heterocycles. The molecule has 0 aromatic heterocycles. The van der Waals surface area contributed by atoms with E-state index in [1.165, 1.54) is 10.5 Å². The summed E-state index contributed by atoms with van der Waals surface area (Å²) in [5.41, 5.74) is 4.35. The van der Waals surface area contributed by atoms with E-state index in [2.05, 4.69) is 19.1 Å². The molecule has 1 atom stereocenters. The van der Waals surface area contributed by atoms with Crippen molar-refractivity contribution in [3.63, 3.8) is 0 Å². The van der Waals surface area contributed by atoms with Crippen LogP contribution in [0.1, 0.15) is 38.7 Å². The predicted octanol–water partition coefficient (Wildman–Crippen LogP) is 6.11. The Hall–Kier alpha value is -3.19. The first kappa shape index (κ1) is 24.8. The Morgan fingerprint density at radius 2 is 2.03 bits per heavy atom. The summed E-state index contributed by atoms with van der Waals surface area (Å²) in [4.78, 5) is 12.4. The third-order valence-corrected chi connectivity index (χ3v) is 4.86. The van der Waals surface area contributed by atoms with Gasteiger partial charge in [-0.2, -0.15) is 0 Å². The Kier molecular flexibility index (Phi) is 10.9. The van der Waals surface area contributed by atoms with E-state index in [4.69, 9.17) is 16.3 Å². The Morgan fingerprint density at radius 1 is 1.37 bits per heavy atom. The van der Waals surface area contributed by atoms with Crippen LogP contribution < -0.4 is 0 Å². The summed E-state index contributed by atoms with van der Waals surface area (Å²) in [6.07, 6.45) is 12.3. The van der Waals surface area contributed by atoms with Crippen molar-refractivity contribution in [2.45, 2.75) is 39.2 Å². The molecule has 30 heavy (non-hydrogen) atoms. The first-order chi connectivity index (χ1) is 14.5. The highest BCUT2D eigenvalue weighted by Gasteiger charge is 2.29. The van der Waals surface area contributed by atoms with Crippen LogP contribution >= 0.6 is 0 Å². The van der Waals surface area contributed by atoms with Gasteiger partial charge in [-0.3, -0.25) is 0 Å². The molecule has 0 saturated carbocycles. The summed E-state index contributed by atoms with van der Waals surface area (Å²) >= 11 is 0. The van der Waals surface area contributed by atoms with E-state index in [1.54, 1.807) is 7.05 Å². The first-order valence-corrected chi connectivity index (χ1v) is 10.1. The number of carboxylic acid groups (broad SMARTS) is 1. The number of ether oxygens (including phenoxy) is 1. The zero-order valence-corrected chi connectivity index (χ0v) is 18.2. The fourth-order valence-electron chi connectivity index (χ4n) is 3.22. The van der Waals surface area contributed by atoms with Crippen LogP contribution in [-0.4, -0.2) is 35.8 Å². The second kappa shape index (κ2) is 13.1. The van der Waals surface area contributed by atoms with Crippen LogP contribution in [0.2, 0.25) is 0 Å². The van der Waals surface area contributed by atoms with Crippen molar-refractivity contribution in [3.8, 4) is 12.3 Å². The van der Waals surface area contributed by atoms with Gasteiger partial charge >= 0.3 is 6.09 Å². The summed E-state index contributed by atoms with van der Waals surface area (Å²) in [6, 6.07) is 10.1. The van der Waals surface area contributed by atoms with Gasteiger partial charge in [-0.15, -0.1) is 6.42 Å². The van der Waals surface area contributed by atoms with Crippen molar-refractivity contribution >= 4 is 12.2 Å². The molecule has 0 fully saturated rings. The number of allylic oxidation sites excluding steroid dienone is 2. The van der Waals surface area contributed by atoms with Crippen LogP contribution in [0.4, 0.5) is 4.79 Å². The minimum Gasteiger partial charge on any atom is -0.481 e. The van der Waals surface area contributed by atoms with E-state index in [9.17, 15) is 4.79 Å². The van der Waals surface area contributed by atoms with Crippen LogP contribution in [0.25, 0.3) is 6.08 Å². The number of amides is 1. The van der Waals surface area contributed by atoms with E-state index < -0.39 is 6.09 Å². The average molecular weight is 407 g/mol. The quantitative estimate of drug-likeness (QED) is 0.614. The molecular formula is C26H32NO3. The highest BCUT2D eigenvalue weighted by Crippen LogP contribution is 2.39. The topological polar surface area (TPSA) is 49.8 Å². The van der Waals surface area contributed by atoms with Crippen molar-refractivity contribution in [3.05, 3.63) is 84.0 Å². The lowest BCUT2D eigenvalue weighted by Crippen LogP contribution is -2.38. The van der Waals surface area contributed by atoms with E-state index in [1.807, 2.05) is 62.8 Å².